The lowest BCUT2D eigenvalue weighted by Crippen LogP contribution is -2.25. The molecule has 3 aliphatic rings. The Morgan fingerprint density at radius 3 is 1.52 bits per heavy atom. The largest absolute Gasteiger partial charge is 0.251 e. The molecule has 0 heterocycles. The highest BCUT2D eigenvalue weighted by atomic mass is 19.1. The fraction of sp³-hybridized carbons (Fsp3) is 0.800. The van der Waals surface area contributed by atoms with Gasteiger partial charge in [-0.2, -0.15) is 0 Å². The summed E-state index contributed by atoms with van der Waals surface area (Å²) >= 11 is 0. The smallest absolute Gasteiger partial charge is 0.0894 e. The van der Waals surface area contributed by atoms with Crippen LogP contribution in [0, 0.1) is 23.7 Å². The van der Waals surface area contributed by atoms with E-state index in [0.29, 0.717) is 0 Å². The second-order valence-corrected chi connectivity index (χ2v) is 11.4. The third kappa shape index (κ3) is 6.35. The molecule has 4 rings (SSSR count). The molecule has 0 nitrogen and oxygen atoms in total. The van der Waals surface area contributed by atoms with Gasteiger partial charge in [-0.05, 0) is 124 Å². The van der Waals surface area contributed by atoms with E-state index in [4.69, 9.17) is 0 Å². The van der Waals surface area contributed by atoms with Gasteiger partial charge in [-0.15, -0.1) is 0 Å². The van der Waals surface area contributed by atoms with Crippen molar-refractivity contribution in [3.8, 4) is 0 Å². The van der Waals surface area contributed by atoms with Crippen molar-refractivity contribution in [2.75, 3.05) is 6.67 Å². The predicted molar refractivity (Wildman–Crippen MR) is 131 cm³/mol. The molecule has 1 heteroatoms. The SMILES string of the molecule is CCCC1CCC(C2CCC(c3ccc(C4CCC(CCCF)CC4)cc3)CC2)CC1. The van der Waals surface area contributed by atoms with Gasteiger partial charge in [0.15, 0.2) is 0 Å². The van der Waals surface area contributed by atoms with Crippen LogP contribution in [0.15, 0.2) is 24.3 Å². The number of halogens is 1. The molecule has 0 radical (unpaired) electrons. The molecule has 3 fully saturated rings. The third-order valence-electron chi connectivity index (χ3n) is 9.50. The molecule has 0 atom stereocenters. The second kappa shape index (κ2) is 11.9. The predicted octanol–water partition coefficient (Wildman–Crippen LogP) is 9.59. The average Bonchev–Trinajstić information content (AvgIpc) is 2.84. The summed E-state index contributed by atoms with van der Waals surface area (Å²) in [7, 11) is 0. The number of rotatable bonds is 8. The Balaban J connectivity index is 1.21. The van der Waals surface area contributed by atoms with Crippen molar-refractivity contribution in [2.24, 2.45) is 23.7 Å². The van der Waals surface area contributed by atoms with Crippen LogP contribution < -0.4 is 0 Å². The summed E-state index contributed by atoms with van der Waals surface area (Å²) < 4.78 is 12.4. The Hall–Kier alpha value is -0.850. The van der Waals surface area contributed by atoms with Crippen molar-refractivity contribution in [3.05, 3.63) is 35.4 Å². The first kappa shape index (κ1) is 23.3. The first-order chi connectivity index (χ1) is 15.3. The van der Waals surface area contributed by atoms with Crippen LogP contribution in [0.4, 0.5) is 4.39 Å². The standard InChI is InChI=1S/C30H47F/c1-2-4-23-6-10-25(11-7-23)27-14-18-29(19-15-27)30-20-16-28(17-21-30)26-12-8-24(9-13-26)5-3-22-31/h16-17,20-21,23-27,29H,2-15,18-19,22H2,1H3. The van der Waals surface area contributed by atoms with Crippen LogP contribution in [-0.4, -0.2) is 6.67 Å². The van der Waals surface area contributed by atoms with Gasteiger partial charge in [0.05, 0.1) is 6.67 Å². The molecule has 0 amide bonds. The molecular formula is C30H47F. The minimum atomic E-state index is -0.136. The van der Waals surface area contributed by atoms with Crippen LogP contribution in [0.3, 0.4) is 0 Å². The van der Waals surface area contributed by atoms with E-state index < -0.39 is 0 Å². The lowest BCUT2D eigenvalue weighted by Gasteiger charge is -2.38. The highest BCUT2D eigenvalue weighted by Crippen LogP contribution is 2.45. The third-order valence-corrected chi connectivity index (χ3v) is 9.50. The molecule has 3 aliphatic carbocycles. The van der Waals surface area contributed by atoms with Crippen LogP contribution in [0.1, 0.15) is 133 Å². The van der Waals surface area contributed by atoms with Crippen molar-refractivity contribution in [1.82, 2.24) is 0 Å². The maximum absolute atomic E-state index is 12.4. The van der Waals surface area contributed by atoms with E-state index in [2.05, 4.69) is 31.2 Å². The summed E-state index contributed by atoms with van der Waals surface area (Å²) in [4.78, 5) is 0. The fourth-order valence-corrected chi connectivity index (χ4v) is 7.47. The molecule has 0 aliphatic heterocycles. The number of hydrogen-bond acceptors (Lipinski definition) is 0. The first-order valence-electron chi connectivity index (χ1n) is 13.9. The number of hydrogen-bond donors (Lipinski definition) is 0. The molecular weight excluding hydrogens is 379 g/mol. The van der Waals surface area contributed by atoms with E-state index in [1.807, 2.05) is 0 Å². The summed E-state index contributed by atoms with van der Waals surface area (Å²) in [5, 5.41) is 0. The molecule has 0 bridgehead atoms. The van der Waals surface area contributed by atoms with Gasteiger partial charge in [-0.1, -0.05) is 56.9 Å². The Labute approximate surface area is 191 Å². The van der Waals surface area contributed by atoms with Gasteiger partial charge in [0, 0.05) is 0 Å². The highest BCUT2D eigenvalue weighted by Gasteiger charge is 2.31. The Morgan fingerprint density at radius 1 is 0.613 bits per heavy atom. The zero-order valence-corrected chi connectivity index (χ0v) is 20.2. The minimum Gasteiger partial charge on any atom is -0.251 e. The Morgan fingerprint density at radius 2 is 1.03 bits per heavy atom. The summed E-state index contributed by atoms with van der Waals surface area (Å²) in [5.74, 6) is 5.43. The summed E-state index contributed by atoms with van der Waals surface area (Å²) in [6.45, 7) is 2.21. The summed E-state index contributed by atoms with van der Waals surface area (Å²) in [5.41, 5.74) is 3.16. The van der Waals surface area contributed by atoms with E-state index in [-0.39, 0.29) is 6.67 Å². The van der Waals surface area contributed by atoms with Gasteiger partial charge in [-0.25, -0.2) is 0 Å². The van der Waals surface area contributed by atoms with Gasteiger partial charge in [0.1, 0.15) is 0 Å². The normalized spacial score (nSPS) is 34.5. The van der Waals surface area contributed by atoms with E-state index in [9.17, 15) is 4.39 Å². The number of benzene rings is 1. The lowest BCUT2D eigenvalue weighted by molar-refractivity contribution is 0.156. The van der Waals surface area contributed by atoms with Crippen molar-refractivity contribution >= 4 is 0 Å². The average molecular weight is 427 g/mol. The zero-order valence-electron chi connectivity index (χ0n) is 20.2. The van der Waals surface area contributed by atoms with Crippen LogP contribution in [0.2, 0.25) is 0 Å². The monoisotopic (exact) mass is 426 g/mol. The van der Waals surface area contributed by atoms with E-state index in [1.165, 1.54) is 89.9 Å². The van der Waals surface area contributed by atoms with Crippen molar-refractivity contribution in [1.29, 1.82) is 0 Å². The van der Waals surface area contributed by atoms with Crippen molar-refractivity contribution < 1.29 is 4.39 Å². The topological polar surface area (TPSA) is 0 Å². The van der Waals surface area contributed by atoms with Crippen molar-refractivity contribution in [3.63, 3.8) is 0 Å². The summed E-state index contributed by atoms with van der Waals surface area (Å²) in [6, 6.07) is 9.82. The van der Waals surface area contributed by atoms with Crippen molar-refractivity contribution in [2.45, 2.75) is 121 Å². The second-order valence-electron chi connectivity index (χ2n) is 11.4. The molecule has 0 saturated heterocycles. The van der Waals surface area contributed by atoms with Gasteiger partial charge in [-0.3, -0.25) is 4.39 Å². The molecule has 0 spiro atoms. The van der Waals surface area contributed by atoms with Crippen LogP contribution in [-0.2, 0) is 0 Å². The van der Waals surface area contributed by atoms with Crippen LogP contribution in [0.25, 0.3) is 0 Å². The fourth-order valence-electron chi connectivity index (χ4n) is 7.47. The van der Waals surface area contributed by atoms with Gasteiger partial charge >= 0.3 is 0 Å². The molecule has 1 aromatic rings. The lowest BCUT2D eigenvalue weighted by atomic mass is 9.68. The zero-order chi connectivity index (χ0) is 21.5. The minimum absolute atomic E-state index is 0.136. The van der Waals surface area contributed by atoms with Gasteiger partial charge in [0.25, 0.3) is 0 Å². The van der Waals surface area contributed by atoms with E-state index in [1.54, 1.807) is 11.1 Å². The van der Waals surface area contributed by atoms with Crippen LogP contribution in [0.5, 0.6) is 0 Å². The Bertz CT molecular complexity index is 610. The number of alkyl halides is 1. The molecule has 0 N–H and O–H groups in total. The molecule has 0 unspecified atom stereocenters. The Kier molecular flexibility index (Phi) is 8.91. The molecule has 31 heavy (non-hydrogen) atoms. The maximum atomic E-state index is 12.4. The van der Waals surface area contributed by atoms with Gasteiger partial charge in [0.2, 0.25) is 0 Å². The van der Waals surface area contributed by atoms with E-state index >= 15 is 0 Å². The quantitative estimate of drug-likeness (QED) is 0.388. The van der Waals surface area contributed by atoms with Gasteiger partial charge < -0.3 is 0 Å². The highest BCUT2D eigenvalue weighted by molar-refractivity contribution is 5.28. The summed E-state index contributed by atoms with van der Waals surface area (Å²) in [6.07, 6.45) is 21.8. The van der Waals surface area contributed by atoms with Crippen LogP contribution >= 0.6 is 0 Å². The molecule has 174 valence electrons. The molecule has 0 aromatic heterocycles. The first-order valence-corrected chi connectivity index (χ1v) is 13.9. The molecule has 3 saturated carbocycles. The molecule has 1 aromatic carbocycles. The maximum Gasteiger partial charge on any atom is 0.0894 e. The van der Waals surface area contributed by atoms with E-state index in [0.717, 1.165) is 48.3 Å².